The van der Waals surface area contributed by atoms with Gasteiger partial charge in [-0.1, -0.05) is 12.1 Å². The molecule has 0 fully saturated rings. The Kier molecular flexibility index (Phi) is 2.52. The molecule has 2 rings (SSSR count). The van der Waals surface area contributed by atoms with Crippen molar-refractivity contribution in [3.05, 3.63) is 46.9 Å². The van der Waals surface area contributed by atoms with Crippen LogP contribution in [0.25, 0.3) is 5.69 Å². The monoisotopic (exact) mass is 218 g/mol. The summed E-state index contributed by atoms with van der Waals surface area (Å²) < 4.78 is 15.4. The van der Waals surface area contributed by atoms with Crippen molar-refractivity contribution < 1.29 is 4.39 Å². The lowest BCUT2D eigenvalue weighted by Gasteiger charge is -2.00. The second kappa shape index (κ2) is 3.98. The molecule has 0 aliphatic heterocycles. The zero-order chi connectivity index (χ0) is 11.5. The van der Waals surface area contributed by atoms with E-state index in [2.05, 4.69) is 5.10 Å². The fourth-order valence-electron chi connectivity index (χ4n) is 1.32. The molecule has 0 saturated carbocycles. The molecule has 0 spiro atoms. The van der Waals surface area contributed by atoms with Gasteiger partial charge < -0.3 is 0 Å². The van der Waals surface area contributed by atoms with Crippen LogP contribution in [0.2, 0.25) is 0 Å². The lowest BCUT2D eigenvalue weighted by Crippen LogP contribution is -2.24. The van der Waals surface area contributed by atoms with Crippen LogP contribution in [-0.2, 0) is 6.54 Å². The highest BCUT2D eigenvalue weighted by molar-refractivity contribution is 5.32. The van der Waals surface area contributed by atoms with Gasteiger partial charge in [0.2, 0.25) is 0 Å². The molecular formula is C10H7FN4O. The smallest absolute Gasteiger partial charge is 0.247 e. The van der Waals surface area contributed by atoms with Crippen LogP contribution in [0, 0.1) is 17.1 Å². The van der Waals surface area contributed by atoms with Crippen molar-refractivity contribution in [2.24, 2.45) is 0 Å². The first kappa shape index (κ1) is 10.1. The van der Waals surface area contributed by atoms with Crippen molar-refractivity contribution in [2.45, 2.75) is 6.54 Å². The fourth-order valence-corrected chi connectivity index (χ4v) is 1.32. The van der Waals surface area contributed by atoms with Crippen LogP contribution in [0.4, 0.5) is 4.39 Å². The van der Waals surface area contributed by atoms with E-state index >= 15 is 0 Å². The zero-order valence-corrected chi connectivity index (χ0v) is 8.17. The van der Waals surface area contributed by atoms with E-state index in [4.69, 9.17) is 5.26 Å². The summed E-state index contributed by atoms with van der Waals surface area (Å²) in [6.07, 6.45) is 1.19. The maximum atomic E-state index is 13.4. The highest BCUT2D eigenvalue weighted by Gasteiger charge is 2.09. The van der Waals surface area contributed by atoms with E-state index in [9.17, 15) is 9.18 Å². The average molecular weight is 218 g/mol. The molecule has 16 heavy (non-hydrogen) atoms. The van der Waals surface area contributed by atoms with Gasteiger partial charge in [0.15, 0.2) is 0 Å². The van der Waals surface area contributed by atoms with Crippen molar-refractivity contribution in [1.82, 2.24) is 14.3 Å². The summed E-state index contributed by atoms with van der Waals surface area (Å²) in [6.45, 7) is -0.152. The number of hydrogen-bond donors (Lipinski definition) is 0. The predicted molar refractivity (Wildman–Crippen MR) is 53.4 cm³/mol. The summed E-state index contributed by atoms with van der Waals surface area (Å²) >= 11 is 0. The van der Waals surface area contributed by atoms with Crippen LogP contribution in [0.1, 0.15) is 0 Å². The van der Waals surface area contributed by atoms with Gasteiger partial charge in [-0.15, -0.1) is 0 Å². The summed E-state index contributed by atoms with van der Waals surface area (Å²) in [5, 5.41) is 12.1. The van der Waals surface area contributed by atoms with Crippen LogP contribution in [0.5, 0.6) is 0 Å². The summed E-state index contributed by atoms with van der Waals surface area (Å²) in [5.74, 6) is -0.513. The SMILES string of the molecule is N#CCn1ncn(-c2ccccc2F)c1=O. The van der Waals surface area contributed by atoms with Crippen LogP contribution < -0.4 is 5.69 Å². The first-order chi connectivity index (χ1) is 7.74. The maximum absolute atomic E-state index is 13.4. The van der Waals surface area contributed by atoms with Gasteiger partial charge in [-0.25, -0.2) is 13.8 Å². The molecule has 0 saturated heterocycles. The number of para-hydroxylation sites is 1. The normalized spacial score (nSPS) is 10.0. The van der Waals surface area contributed by atoms with E-state index < -0.39 is 11.5 Å². The molecule has 1 heterocycles. The second-order valence-electron chi connectivity index (χ2n) is 3.05. The van der Waals surface area contributed by atoms with E-state index in [1.54, 1.807) is 12.1 Å². The van der Waals surface area contributed by atoms with Crippen molar-refractivity contribution in [2.75, 3.05) is 0 Å². The zero-order valence-electron chi connectivity index (χ0n) is 8.17. The van der Waals surface area contributed by atoms with E-state index in [0.717, 1.165) is 9.25 Å². The van der Waals surface area contributed by atoms with Crippen molar-refractivity contribution in [3.63, 3.8) is 0 Å². The molecule has 0 aliphatic carbocycles. The average Bonchev–Trinajstić information content (AvgIpc) is 2.62. The maximum Gasteiger partial charge on any atom is 0.351 e. The minimum atomic E-state index is -0.536. The van der Waals surface area contributed by atoms with Gasteiger partial charge in [-0.3, -0.25) is 0 Å². The third kappa shape index (κ3) is 1.59. The summed E-state index contributed by atoms with van der Waals surface area (Å²) in [4.78, 5) is 11.7. The Hall–Kier alpha value is -2.42. The Morgan fingerprint density at radius 3 is 2.88 bits per heavy atom. The Balaban J connectivity index is 2.55. The van der Waals surface area contributed by atoms with E-state index in [1.807, 2.05) is 0 Å². The lowest BCUT2D eigenvalue weighted by atomic mass is 10.3. The van der Waals surface area contributed by atoms with Crippen molar-refractivity contribution >= 4 is 0 Å². The minimum absolute atomic E-state index is 0.122. The Bertz CT molecular complexity index is 608. The predicted octanol–water partition coefficient (Wildman–Crippen LogP) is 0.697. The molecule has 5 nitrogen and oxygen atoms in total. The molecule has 1 aromatic carbocycles. The standard InChI is InChI=1S/C10H7FN4O/c11-8-3-1-2-4-9(8)14-7-13-15(6-5-12)10(14)16/h1-4,7H,6H2. The molecule has 0 N–H and O–H groups in total. The van der Waals surface area contributed by atoms with Crippen LogP contribution >= 0.6 is 0 Å². The molecule has 0 unspecified atom stereocenters. The molecule has 2 aromatic rings. The number of nitriles is 1. The van der Waals surface area contributed by atoms with Gasteiger partial charge >= 0.3 is 5.69 Å². The number of benzene rings is 1. The molecule has 80 valence electrons. The van der Waals surface area contributed by atoms with E-state index in [1.165, 1.54) is 24.5 Å². The molecular weight excluding hydrogens is 211 g/mol. The molecule has 6 heteroatoms. The van der Waals surface area contributed by atoms with Crippen LogP contribution in [0.15, 0.2) is 35.4 Å². The number of hydrogen-bond acceptors (Lipinski definition) is 3. The van der Waals surface area contributed by atoms with Gasteiger partial charge in [0.05, 0.1) is 11.8 Å². The van der Waals surface area contributed by atoms with Gasteiger partial charge in [0.25, 0.3) is 0 Å². The van der Waals surface area contributed by atoms with Crippen LogP contribution in [0.3, 0.4) is 0 Å². The van der Waals surface area contributed by atoms with Gasteiger partial charge in [-0.2, -0.15) is 15.0 Å². The molecule has 0 amide bonds. The Labute approximate surface area is 90.0 Å². The third-order valence-corrected chi connectivity index (χ3v) is 2.07. The largest absolute Gasteiger partial charge is 0.351 e. The van der Waals surface area contributed by atoms with Crippen molar-refractivity contribution in [3.8, 4) is 11.8 Å². The quantitative estimate of drug-likeness (QED) is 0.745. The number of nitrogens with zero attached hydrogens (tertiary/aromatic N) is 4. The van der Waals surface area contributed by atoms with Crippen molar-refractivity contribution in [1.29, 1.82) is 5.26 Å². The Morgan fingerprint density at radius 1 is 1.44 bits per heavy atom. The number of rotatable bonds is 2. The highest BCUT2D eigenvalue weighted by atomic mass is 19.1. The van der Waals surface area contributed by atoms with Gasteiger partial charge in [0, 0.05) is 0 Å². The van der Waals surface area contributed by atoms with E-state index in [0.29, 0.717) is 0 Å². The number of halogens is 1. The third-order valence-electron chi connectivity index (χ3n) is 2.07. The molecule has 0 atom stereocenters. The molecule has 0 aliphatic rings. The highest BCUT2D eigenvalue weighted by Crippen LogP contribution is 2.09. The molecule has 1 aromatic heterocycles. The van der Waals surface area contributed by atoms with Gasteiger partial charge in [0.1, 0.15) is 18.7 Å². The fraction of sp³-hybridized carbons (Fsp3) is 0.100. The lowest BCUT2D eigenvalue weighted by molar-refractivity contribution is 0.613. The molecule has 0 radical (unpaired) electrons. The van der Waals surface area contributed by atoms with E-state index in [-0.39, 0.29) is 12.2 Å². The van der Waals surface area contributed by atoms with Gasteiger partial charge in [-0.05, 0) is 12.1 Å². The summed E-state index contributed by atoms with van der Waals surface area (Å²) in [7, 11) is 0. The summed E-state index contributed by atoms with van der Waals surface area (Å²) in [6, 6.07) is 7.67. The first-order valence-corrected chi connectivity index (χ1v) is 4.50. The number of aromatic nitrogens is 3. The topological polar surface area (TPSA) is 63.6 Å². The minimum Gasteiger partial charge on any atom is -0.247 e. The first-order valence-electron chi connectivity index (χ1n) is 4.50. The summed E-state index contributed by atoms with van der Waals surface area (Å²) in [5.41, 5.74) is -0.414. The second-order valence-corrected chi connectivity index (χ2v) is 3.05. The van der Waals surface area contributed by atoms with Crippen LogP contribution in [-0.4, -0.2) is 14.3 Å². The molecule has 0 bridgehead atoms. The Morgan fingerprint density at radius 2 is 2.19 bits per heavy atom.